The molecule has 0 aliphatic carbocycles. The molecule has 0 saturated heterocycles. The highest BCUT2D eigenvalue weighted by molar-refractivity contribution is 6.10. The second-order valence-corrected chi connectivity index (χ2v) is 5.93. The maximum absolute atomic E-state index is 3.61. The Labute approximate surface area is 135 Å². The molecule has 5 rings (SSSR count). The van der Waals surface area contributed by atoms with E-state index >= 15 is 0 Å². The van der Waals surface area contributed by atoms with Gasteiger partial charge in [-0.25, -0.2) is 0 Å². The Hall–Kier alpha value is -3.06. The van der Waals surface area contributed by atoms with Crippen LogP contribution >= 0.6 is 0 Å². The number of benzene rings is 4. The van der Waals surface area contributed by atoms with Crippen LogP contribution in [-0.2, 0) is 0 Å². The summed E-state index contributed by atoms with van der Waals surface area (Å²) >= 11 is 0. The zero-order valence-electron chi connectivity index (χ0n) is 12.6. The van der Waals surface area contributed by atoms with E-state index in [0.29, 0.717) is 0 Å². The van der Waals surface area contributed by atoms with Crippen LogP contribution in [0.4, 0.5) is 11.4 Å². The summed E-state index contributed by atoms with van der Waals surface area (Å²) in [5, 5.41) is 6.19. The van der Waals surface area contributed by atoms with Gasteiger partial charge in [0.2, 0.25) is 0 Å². The van der Waals surface area contributed by atoms with Crippen LogP contribution < -0.4 is 5.32 Å². The number of fused-ring (bicyclic) bond motifs is 7. The van der Waals surface area contributed by atoms with Crippen molar-refractivity contribution >= 4 is 22.1 Å². The monoisotopic (exact) mass is 293 g/mol. The first kappa shape index (κ1) is 12.5. The van der Waals surface area contributed by atoms with Gasteiger partial charge in [-0.05, 0) is 34.0 Å². The molecule has 0 amide bonds. The van der Waals surface area contributed by atoms with Gasteiger partial charge in [0.15, 0.2) is 0 Å². The predicted molar refractivity (Wildman–Crippen MR) is 98.1 cm³/mol. The topological polar surface area (TPSA) is 12.0 Å². The quantitative estimate of drug-likeness (QED) is 0.357. The second-order valence-electron chi connectivity index (χ2n) is 5.93. The van der Waals surface area contributed by atoms with Gasteiger partial charge in [0, 0.05) is 22.5 Å². The van der Waals surface area contributed by atoms with Crippen molar-refractivity contribution in [2.75, 3.05) is 5.32 Å². The lowest BCUT2D eigenvalue weighted by Crippen LogP contribution is -1.90. The molecule has 0 spiro atoms. The van der Waals surface area contributed by atoms with Crippen molar-refractivity contribution in [3.05, 3.63) is 84.9 Å². The lowest BCUT2D eigenvalue weighted by atomic mass is 9.90. The van der Waals surface area contributed by atoms with Crippen LogP contribution in [-0.4, -0.2) is 0 Å². The van der Waals surface area contributed by atoms with Crippen LogP contribution in [0.15, 0.2) is 84.9 Å². The Kier molecular flexibility index (Phi) is 2.56. The molecule has 0 saturated carbocycles. The maximum atomic E-state index is 3.61. The molecule has 4 aromatic rings. The molecule has 0 aromatic heterocycles. The third kappa shape index (κ3) is 1.80. The van der Waals surface area contributed by atoms with E-state index in [2.05, 4.69) is 90.2 Å². The molecule has 0 radical (unpaired) electrons. The highest BCUT2D eigenvalue weighted by Crippen LogP contribution is 2.46. The third-order valence-electron chi connectivity index (χ3n) is 4.61. The molecule has 1 aliphatic heterocycles. The predicted octanol–water partition coefficient (Wildman–Crippen LogP) is 6.23. The molecule has 0 atom stereocenters. The van der Waals surface area contributed by atoms with Gasteiger partial charge < -0.3 is 5.32 Å². The number of para-hydroxylation sites is 2. The molecule has 0 bridgehead atoms. The Morgan fingerprint density at radius 2 is 1.13 bits per heavy atom. The maximum Gasteiger partial charge on any atom is 0.0464 e. The molecule has 1 nitrogen and oxygen atoms in total. The normalized spacial score (nSPS) is 11.8. The van der Waals surface area contributed by atoms with Gasteiger partial charge in [0.25, 0.3) is 0 Å². The highest BCUT2D eigenvalue weighted by atomic mass is 14.9. The van der Waals surface area contributed by atoms with Crippen LogP contribution in [0.3, 0.4) is 0 Å². The summed E-state index contributed by atoms with van der Waals surface area (Å²) in [6.07, 6.45) is 0. The minimum Gasteiger partial charge on any atom is -0.355 e. The number of hydrogen-bond acceptors (Lipinski definition) is 1. The van der Waals surface area contributed by atoms with Gasteiger partial charge in [0.05, 0.1) is 0 Å². The summed E-state index contributed by atoms with van der Waals surface area (Å²) in [6.45, 7) is 0. The molecule has 0 unspecified atom stereocenters. The van der Waals surface area contributed by atoms with E-state index < -0.39 is 0 Å². The van der Waals surface area contributed by atoms with E-state index in [1.54, 1.807) is 0 Å². The van der Waals surface area contributed by atoms with Crippen molar-refractivity contribution < 1.29 is 0 Å². The minimum atomic E-state index is 1.16. The van der Waals surface area contributed by atoms with E-state index in [4.69, 9.17) is 0 Å². The van der Waals surface area contributed by atoms with Crippen molar-refractivity contribution in [1.82, 2.24) is 0 Å². The fourth-order valence-electron chi connectivity index (χ4n) is 3.57. The molecule has 23 heavy (non-hydrogen) atoms. The van der Waals surface area contributed by atoms with Crippen molar-refractivity contribution in [3.8, 4) is 22.3 Å². The number of nitrogens with one attached hydrogen (secondary N) is 1. The molecule has 1 aliphatic rings. The van der Waals surface area contributed by atoms with Gasteiger partial charge in [-0.1, -0.05) is 72.8 Å². The molecular weight excluding hydrogens is 278 g/mol. The molecule has 1 heterocycles. The van der Waals surface area contributed by atoms with Crippen molar-refractivity contribution in [3.63, 3.8) is 0 Å². The molecule has 1 N–H and O–H groups in total. The molecule has 4 aromatic carbocycles. The first-order valence-corrected chi connectivity index (χ1v) is 7.89. The van der Waals surface area contributed by atoms with E-state index in [1.165, 1.54) is 33.0 Å². The first-order valence-electron chi connectivity index (χ1n) is 7.89. The molecule has 1 heteroatoms. The number of rotatable bonds is 0. The van der Waals surface area contributed by atoms with Crippen LogP contribution in [0.2, 0.25) is 0 Å². The van der Waals surface area contributed by atoms with E-state index in [1.807, 2.05) is 0 Å². The third-order valence-corrected chi connectivity index (χ3v) is 4.61. The molecule has 0 fully saturated rings. The summed E-state index contributed by atoms with van der Waals surface area (Å²) in [6, 6.07) is 30.2. The van der Waals surface area contributed by atoms with Crippen LogP contribution in [0.1, 0.15) is 0 Å². The van der Waals surface area contributed by atoms with Gasteiger partial charge >= 0.3 is 0 Å². The highest BCUT2D eigenvalue weighted by Gasteiger charge is 2.20. The van der Waals surface area contributed by atoms with Crippen LogP contribution in [0, 0.1) is 0 Å². The SMILES string of the molecule is c1ccc2c(c1)Nc1ccccc1-c1c-2ccc2ccccc12. The summed E-state index contributed by atoms with van der Waals surface area (Å²) < 4.78 is 0. The van der Waals surface area contributed by atoms with Crippen molar-refractivity contribution in [2.24, 2.45) is 0 Å². The van der Waals surface area contributed by atoms with E-state index in [0.717, 1.165) is 11.4 Å². The van der Waals surface area contributed by atoms with Gasteiger partial charge in [-0.3, -0.25) is 0 Å². The van der Waals surface area contributed by atoms with Crippen LogP contribution in [0.5, 0.6) is 0 Å². The fraction of sp³-hybridized carbons (Fsp3) is 0. The summed E-state index contributed by atoms with van der Waals surface area (Å²) in [4.78, 5) is 0. The van der Waals surface area contributed by atoms with Gasteiger partial charge in [-0.2, -0.15) is 0 Å². The molecule has 108 valence electrons. The lowest BCUT2D eigenvalue weighted by molar-refractivity contribution is 1.57. The lowest BCUT2D eigenvalue weighted by Gasteiger charge is -2.13. The van der Waals surface area contributed by atoms with E-state index in [-0.39, 0.29) is 0 Å². The fourth-order valence-corrected chi connectivity index (χ4v) is 3.57. The average Bonchev–Trinajstić information content (AvgIpc) is 2.76. The van der Waals surface area contributed by atoms with Crippen LogP contribution in [0.25, 0.3) is 33.0 Å². The van der Waals surface area contributed by atoms with Gasteiger partial charge in [0.1, 0.15) is 0 Å². The van der Waals surface area contributed by atoms with Crippen molar-refractivity contribution in [2.45, 2.75) is 0 Å². The number of hydrogen-bond donors (Lipinski definition) is 1. The average molecular weight is 293 g/mol. The zero-order valence-corrected chi connectivity index (χ0v) is 12.6. The Morgan fingerprint density at radius 1 is 0.478 bits per heavy atom. The smallest absolute Gasteiger partial charge is 0.0464 e. The second kappa shape index (κ2) is 4.72. The summed E-state index contributed by atoms with van der Waals surface area (Å²) in [7, 11) is 0. The summed E-state index contributed by atoms with van der Waals surface area (Å²) in [5.74, 6) is 0. The van der Waals surface area contributed by atoms with Crippen molar-refractivity contribution in [1.29, 1.82) is 0 Å². The minimum absolute atomic E-state index is 1.16. The zero-order chi connectivity index (χ0) is 15.2. The standard InChI is InChI=1S/C22H15N/c1-2-8-16-15(7-1)13-14-18-17-9-3-5-11-20(17)23-21-12-6-4-10-19(21)22(16)18/h1-14,23H. The van der Waals surface area contributed by atoms with E-state index in [9.17, 15) is 0 Å². The Bertz CT molecular complexity index is 1050. The first-order chi connectivity index (χ1) is 11.4. The van der Waals surface area contributed by atoms with Gasteiger partial charge in [-0.15, -0.1) is 0 Å². The number of anilines is 2. The Morgan fingerprint density at radius 3 is 2.00 bits per heavy atom. The molecular formula is C22H15N. The summed E-state index contributed by atoms with van der Waals surface area (Å²) in [5.41, 5.74) is 7.44. The Balaban J connectivity index is 2.01. The largest absolute Gasteiger partial charge is 0.355 e.